The van der Waals surface area contributed by atoms with Crippen LogP contribution in [0.15, 0.2) is 0 Å². The van der Waals surface area contributed by atoms with Crippen molar-refractivity contribution in [3.63, 3.8) is 0 Å². The number of aliphatic hydroxyl groups excluding tert-OH is 2. The Labute approximate surface area is 72.5 Å². The van der Waals surface area contributed by atoms with Gasteiger partial charge in [0.15, 0.2) is 0 Å². The monoisotopic (exact) mass is 197 g/mol. The number of hydrogen-bond donors (Lipinski definition) is 3. The molecule has 0 aliphatic rings. The second-order valence-electron chi connectivity index (χ2n) is 2.77. The second kappa shape index (κ2) is 4.76. The van der Waals surface area contributed by atoms with Gasteiger partial charge < -0.3 is 10.2 Å². The third kappa shape index (κ3) is 3.48. The van der Waals surface area contributed by atoms with Crippen LogP contribution in [-0.2, 0) is 10.0 Å². The lowest BCUT2D eigenvalue weighted by Gasteiger charge is -2.15. The highest BCUT2D eigenvalue weighted by molar-refractivity contribution is 7.90. The highest BCUT2D eigenvalue weighted by atomic mass is 32.2. The van der Waals surface area contributed by atoms with Gasteiger partial charge >= 0.3 is 0 Å². The maximum atomic E-state index is 11.1. The SMILES string of the molecule is CC(C)S(=O)(=O)NC(CO)CO. The lowest BCUT2D eigenvalue weighted by Crippen LogP contribution is -2.43. The Balaban J connectivity index is 4.23. The normalized spacial score (nSPS) is 12.8. The van der Waals surface area contributed by atoms with Crippen molar-refractivity contribution in [3.8, 4) is 0 Å². The summed E-state index contributed by atoms with van der Waals surface area (Å²) in [6.45, 7) is 2.24. The Morgan fingerprint density at radius 2 is 1.67 bits per heavy atom. The maximum absolute atomic E-state index is 11.1. The summed E-state index contributed by atoms with van der Waals surface area (Å²) in [5.41, 5.74) is 0. The molecule has 74 valence electrons. The predicted molar refractivity (Wildman–Crippen MR) is 45.2 cm³/mol. The van der Waals surface area contributed by atoms with Crippen LogP contribution in [0, 0.1) is 0 Å². The van der Waals surface area contributed by atoms with Crippen LogP contribution in [0.3, 0.4) is 0 Å². The molecule has 6 heteroatoms. The molecule has 0 saturated heterocycles. The molecule has 0 aromatic carbocycles. The van der Waals surface area contributed by atoms with E-state index in [4.69, 9.17) is 10.2 Å². The highest BCUT2D eigenvalue weighted by Crippen LogP contribution is 1.97. The van der Waals surface area contributed by atoms with Gasteiger partial charge in [-0.2, -0.15) is 0 Å². The van der Waals surface area contributed by atoms with Gasteiger partial charge in [-0.05, 0) is 13.8 Å². The smallest absolute Gasteiger partial charge is 0.214 e. The zero-order chi connectivity index (χ0) is 9.78. The largest absolute Gasteiger partial charge is 0.395 e. The summed E-state index contributed by atoms with van der Waals surface area (Å²) >= 11 is 0. The van der Waals surface area contributed by atoms with Crippen molar-refractivity contribution in [1.29, 1.82) is 0 Å². The molecule has 3 N–H and O–H groups in total. The lowest BCUT2D eigenvalue weighted by atomic mass is 10.4. The van der Waals surface area contributed by atoms with E-state index in [1.54, 1.807) is 0 Å². The van der Waals surface area contributed by atoms with E-state index in [1.165, 1.54) is 13.8 Å². The van der Waals surface area contributed by atoms with Crippen molar-refractivity contribution in [1.82, 2.24) is 4.72 Å². The fraction of sp³-hybridized carbons (Fsp3) is 1.00. The van der Waals surface area contributed by atoms with Gasteiger partial charge in [0.2, 0.25) is 10.0 Å². The molecule has 0 aromatic rings. The van der Waals surface area contributed by atoms with E-state index in [9.17, 15) is 8.42 Å². The first-order chi connectivity index (χ1) is 5.44. The molecule has 5 nitrogen and oxygen atoms in total. The van der Waals surface area contributed by atoms with Crippen LogP contribution in [0.5, 0.6) is 0 Å². The van der Waals surface area contributed by atoms with Crippen LogP contribution in [0.2, 0.25) is 0 Å². The van der Waals surface area contributed by atoms with Crippen LogP contribution in [0.1, 0.15) is 13.8 Å². The van der Waals surface area contributed by atoms with Crippen molar-refractivity contribution in [3.05, 3.63) is 0 Å². The quantitative estimate of drug-likeness (QED) is 0.509. The molecule has 0 aliphatic carbocycles. The van der Waals surface area contributed by atoms with Gasteiger partial charge in [-0.15, -0.1) is 0 Å². The maximum Gasteiger partial charge on any atom is 0.214 e. The summed E-state index contributed by atoms with van der Waals surface area (Å²) in [5.74, 6) is 0. The molecule has 0 atom stereocenters. The number of nitrogens with one attached hydrogen (secondary N) is 1. The van der Waals surface area contributed by atoms with Crippen molar-refractivity contribution in [2.75, 3.05) is 13.2 Å². The molecule has 0 rings (SSSR count). The minimum atomic E-state index is -3.39. The van der Waals surface area contributed by atoms with Crippen LogP contribution in [0.25, 0.3) is 0 Å². The van der Waals surface area contributed by atoms with Gasteiger partial charge in [0, 0.05) is 0 Å². The first-order valence-corrected chi connectivity index (χ1v) is 5.21. The van der Waals surface area contributed by atoms with E-state index >= 15 is 0 Å². The number of aliphatic hydroxyl groups is 2. The third-order valence-corrected chi connectivity index (χ3v) is 3.30. The molecule has 12 heavy (non-hydrogen) atoms. The molecule has 0 saturated carbocycles. The zero-order valence-electron chi connectivity index (χ0n) is 7.19. The first-order valence-electron chi connectivity index (χ1n) is 3.67. The second-order valence-corrected chi connectivity index (χ2v) is 5.04. The standard InChI is InChI=1S/C6H15NO4S/c1-5(2)12(10,11)7-6(3-8)4-9/h5-9H,3-4H2,1-2H3. The molecule has 0 unspecified atom stereocenters. The minimum absolute atomic E-state index is 0.400. The summed E-state index contributed by atoms with van der Waals surface area (Å²) in [5, 5.41) is 16.6. The van der Waals surface area contributed by atoms with E-state index in [0.717, 1.165) is 0 Å². The summed E-state index contributed by atoms with van der Waals surface area (Å²) in [4.78, 5) is 0. The molecular formula is C6H15NO4S. The topological polar surface area (TPSA) is 86.6 Å². The Morgan fingerprint density at radius 3 is 1.92 bits per heavy atom. The van der Waals surface area contributed by atoms with Gasteiger partial charge in [-0.25, -0.2) is 13.1 Å². The van der Waals surface area contributed by atoms with Gasteiger partial charge in [0.05, 0.1) is 24.5 Å². The summed E-state index contributed by atoms with van der Waals surface area (Å²) in [7, 11) is -3.39. The predicted octanol–water partition coefficient (Wildman–Crippen LogP) is -1.33. The molecule has 0 aliphatic heterocycles. The van der Waals surface area contributed by atoms with Gasteiger partial charge in [-0.1, -0.05) is 0 Å². The van der Waals surface area contributed by atoms with Crippen LogP contribution in [0.4, 0.5) is 0 Å². The molecule has 0 fully saturated rings. The summed E-state index contributed by atoms with van der Waals surface area (Å²) in [6.07, 6.45) is 0. The van der Waals surface area contributed by atoms with Crippen molar-refractivity contribution >= 4 is 10.0 Å². The van der Waals surface area contributed by atoms with Crippen LogP contribution >= 0.6 is 0 Å². The Hall–Kier alpha value is -0.170. The number of rotatable bonds is 5. The molecule has 0 aromatic heterocycles. The molecule has 0 bridgehead atoms. The van der Waals surface area contributed by atoms with E-state index in [-0.39, 0.29) is 0 Å². The average Bonchev–Trinajstić information content (AvgIpc) is 2.00. The molecule has 0 amide bonds. The summed E-state index contributed by atoms with van der Waals surface area (Å²) < 4.78 is 24.4. The van der Waals surface area contributed by atoms with Crippen LogP contribution in [-0.4, -0.2) is 43.1 Å². The average molecular weight is 197 g/mol. The zero-order valence-corrected chi connectivity index (χ0v) is 8.00. The third-order valence-electron chi connectivity index (χ3n) is 1.39. The van der Waals surface area contributed by atoms with Gasteiger partial charge in [-0.3, -0.25) is 0 Å². The van der Waals surface area contributed by atoms with Crippen molar-refractivity contribution in [2.24, 2.45) is 0 Å². The molecular weight excluding hydrogens is 182 g/mol. The van der Waals surface area contributed by atoms with E-state index in [0.29, 0.717) is 0 Å². The Morgan fingerprint density at radius 1 is 1.25 bits per heavy atom. The highest BCUT2D eigenvalue weighted by Gasteiger charge is 2.19. The van der Waals surface area contributed by atoms with E-state index < -0.39 is 34.5 Å². The van der Waals surface area contributed by atoms with Gasteiger partial charge in [0.25, 0.3) is 0 Å². The van der Waals surface area contributed by atoms with E-state index in [2.05, 4.69) is 4.72 Å². The van der Waals surface area contributed by atoms with Crippen LogP contribution < -0.4 is 4.72 Å². The molecule has 0 radical (unpaired) electrons. The first kappa shape index (κ1) is 11.8. The molecule has 0 spiro atoms. The van der Waals surface area contributed by atoms with Crippen molar-refractivity contribution in [2.45, 2.75) is 25.1 Å². The van der Waals surface area contributed by atoms with Crippen molar-refractivity contribution < 1.29 is 18.6 Å². The number of hydrogen-bond acceptors (Lipinski definition) is 4. The fourth-order valence-corrected chi connectivity index (χ4v) is 1.39. The Bertz CT molecular complexity index is 208. The Kier molecular flexibility index (Phi) is 4.69. The minimum Gasteiger partial charge on any atom is -0.395 e. The van der Waals surface area contributed by atoms with Gasteiger partial charge in [0.1, 0.15) is 0 Å². The van der Waals surface area contributed by atoms with E-state index in [1.807, 2.05) is 0 Å². The fourth-order valence-electron chi connectivity index (χ4n) is 0.501. The lowest BCUT2D eigenvalue weighted by molar-refractivity contribution is 0.184. The summed E-state index contributed by atoms with van der Waals surface area (Å²) in [6, 6.07) is -0.794. The molecule has 0 heterocycles. The number of sulfonamides is 1.